The molecule has 1 aromatic carbocycles. The highest BCUT2D eigenvalue weighted by Crippen LogP contribution is 2.21. The van der Waals surface area contributed by atoms with Crippen molar-refractivity contribution in [2.45, 2.75) is 32.2 Å². The van der Waals surface area contributed by atoms with Crippen LogP contribution >= 0.6 is 0 Å². The Kier molecular flexibility index (Phi) is 5.75. The minimum atomic E-state index is -0.509. The predicted octanol–water partition coefficient (Wildman–Crippen LogP) is 3.40. The Morgan fingerprint density at radius 3 is 2.89 bits per heavy atom. The smallest absolute Gasteiger partial charge is 0.335 e. The third-order valence-electron chi connectivity index (χ3n) is 4.38. The molecule has 27 heavy (non-hydrogen) atoms. The minimum absolute atomic E-state index is 0.0144. The van der Waals surface area contributed by atoms with Crippen molar-refractivity contribution in [3.63, 3.8) is 0 Å². The molecule has 1 aliphatic heterocycles. The summed E-state index contributed by atoms with van der Waals surface area (Å²) in [5, 5.41) is 16.1. The van der Waals surface area contributed by atoms with Crippen molar-refractivity contribution in [2.24, 2.45) is 10.3 Å². The molecule has 1 amide bonds. The van der Waals surface area contributed by atoms with E-state index in [2.05, 4.69) is 15.8 Å². The number of rotatable bonds is 4. The molecular weight excluding hydrogens is 346 g/mol. The van der Waals surface area contributed by atoms with Crippen LogP contribution in [-0.2, 0) is 0 Å². The van der Waals surface area contributed by atoms with Crippen molar-refractivity contribution in [3.05, 3.63) is 64.2 Å². The van der Waals surface area contributed by atoms with Crippen LogP contribution in [0.3, 0.4) is 0 Å². The van der Waals surface area contributed by atoms with E-state index in [0.717, 1.165) is 30.4 Å². The van der Waals surface area contributed by atoms with Gasteiger partial charge in [0.15, 0.2) is 5.84 Å². The van der Waals surface area contributed by atoms with Crippen molar-refractivity contribution in [2.75, 3.05) is 12.0 Å². The summed E-state index contributed by atoms with van der Waals surface area (Å²) in [5.74, 6) is -0.268. The molecule has 2 N–H and O–H groups in total. The maximum atomic E-state index is 12.7. The number of nitrogens with zero attached hydrogens (tertiary/aromatic N) is 3. The average molecular weight is 367 g/mol. The quantitative estimate of drug-likeness (QED) is 0.373. The maximum absolute atomic E-state index is 12.7. The van der Waals surface area contributed by atoms with E-state index in [1.54, 1.807) is 4.90 Å². The highest BCUT2D eigenvalue weighted by molar-refractivity contribution is 5.98. The number of nitrogens with one attached hydrogen (secondary N) is 2. The molecule has 0 spiro atoms. The Morgan fingerprint density at radius 1 is 1.30 bits per heavy atom. The first-order valence-electron chi connectivity index (χ1n) is 8.76. The van der Waals surface area contributed by atoms with Crippen LogP contribution in [0, 0.1) is 12.3 Å². The number of piperidine rings is 1. The van der Waals surface area contributed by atoms with Crippen molar-refractivity contribution in [3.8, 4) is 0 Å². The van der Waals surface area contributed by atoms with Crippen molar-refractivity contribution in [1.82, 2.24) is 4.90 Å². The normalized spacial score (nSPS) is 17.1. The number of benzene rings is 1. The molecule has 0 radical (unpaired) electrons. The SMILES string of the molecule is Cc1cccc(N/N=N\C(=N)C2CCCCN2C(=O)c2ccc(=O)oc2)c1. The molecule has 0 saturated carbocycles. The van der Waals surface area contributed by atoms with Gasteiger partial charge in [0.05, 0.1) is 17.3 Å². The van der Waals surface area contributed by atoms with Gasteiger partial charge in [0.25, 0.3) is 5.91 Å². The van der Waals surface area contributed by atoms with Crippen LogP contribution in [0.25, 0.3) is 0 Å². The second-order valence-electron chi connectivity index (χ2n) is 6.42. The highest BCUT2D eigenvalue weighted by atomic mass is 16.4. The van der Waals surface area contributed by atoms with E-state index >= 15 is 0 Å². The summed E-state index contributed by atoms with van der Waals surface area (Å²) in [6.45, 7) is 2.49. The molecule has 140 valence electrons. The standard InChI is InChI=1S/C19H21N5O3/c1-13-5-4-6-15(11-13)21-23-22-18(20)16-7-2-3-10-24(16)19(26)14-8-9-17(25)27-12-14/h4-6,8-9,11-12,16H,2-3,7,10H2,1H3,(H2,20,21,22). The molecule has 0 bridgehead atoms. The number of anilines is 1. The molecule has 1 fully saturated rings. The van der Waals surface area contributed by atoms with Crippen LogP contribution in [-0.4, -0.2) is 29.2 Å². The Morgan fingerprint density at radius 2 is 2.15 bits per heavy atom. The second-order valence-corrected chi connectivity index (χ2v) is 6.42. The van der Waals surface area contributed by atoms with Gasteiger partial charge in [-0.3, -0.25) is 15.6 Å². The van der Waals surface area contributed by atoms with Crippen LogP contribution in [0.4, 0.5) is 5.69 Å². The van der Waals surface area contributed by atoms with E-state index in [-0.39, 0.29) is 17.3 Å². The number of carbonyl (C=O) groups excluding carboxylic acids is 1. The summed E-state index contributed by atoms with van der Waals surface area (Å²) in [4.78, 5) is 25.4. The molecule has 2 heterocycles. The summed E-state index contributed by atoms with van der Waals surface area (Å²) in [5.41, 5.74) is 4.44. The van der Waals surface area contributed by atoms with Crippen LogP contribution in [0.1, 0.15) is 35.2 Å². The number of aryl methyl sites for hydroxylation is 1. The summed E-state index contributed by atoms with van der Waals surface area (Å²) in [6.07, 6.45) is 3.55. The Bertz CT molecular complexity index is 901. The van der Waals surface area contributed by atoms with Crippen molar-refractivity contribution >= 4 is 17.4 Å². The van der Waals surface area contributed by atoms with Crippen molar-refractivity contribution in [1.29, 1.82) is 5.41 Å². The van der Waals surface area contributed by atoms with E-state index in [0.29, 0.717) is 13.0 Å². The van der Waals surface area contributed by atoms with E-state index in [1.165, 1.54) is 12.1 Å². The zero-order valence-corrected chi connectivity index (χ0v) is 15.0. The number of carbonyl (C=O) groups is 1. The van der Waals surface area contributed by atoms with Crippen LogP contribution < -0.4 is 11.1 Å². The van der Waals surface area contributed by atoms with Crippen LogP contribution in [0.15, 0.2) is 62.2 Å². The van der Waals surface area contributed by atoms with Gasteiger partial charge in [0, 0.05) is 12.6 Å². The Balaban J connectivity index is 1.69. The zero-order valence-electron chi connectivity index (χ0n) is 15.0. The minimum Gasteiger partial charge on any atom is -0.430 e. The third kappa shape index (κ3) is 4.66. The first-order chi connectivity index (χ1) is 13.0. The highest BCUT2D eigenvalue weighted by Gasteiger charge is 2.31. The van der Waals surface area contributed by atoms with Gasteiger partial charge in [-0.15, -0.1) is 5.11 Å². The molecule has 1 saturated heterocycles. The fourth-order valence-electron chi connectivity index (χ4n) is 3.02. The van der Waals surface area contributed by atoms with Gasteiger partial charge >= 0.3 is 5.63 Å². The monoisotopic (exact) mass is 367 g/mol. The van der Waals surface area contributed by atoms with Gasteiger partial charge in [0.1, 0.15) is 6.26 Å². The molecular formula is C19H21N5O3. The van der Waals surface area contributed by atoms with Crippen LogP contribution in [0.2, 0.25) is 0 Å². The second kappa shape index (κ2) is 8.39. The van der Waals surface area contributed by atoms with Crippen LogP contribution in [0.5, 0.6) is 0 Å². The lowest BCUT2D eigenvalue weighted by atomic mass is 10.0. The summed E-state index contributed by atoms with van der Waals surface area (Å²) in [6, 6.07) is 9.84. The summed E-state index contributed by atoms with van der Waals surface area (Å²) < 4.78 is 4.78. The van der Waals surface area contributed by atoms with Gasteiger partial charge in [-0.25, -0.2) is 4.79 Å². The molecule has 1 unspecified atom stereocenters. The largest absolute Gasteiger partial charge is 0.430 e. The van der Waals surface area contributed by atoms with E-state index in [4.69, 9.17) is 9.83 Å². The van der Waals surface area contributed by atoms with E-state index in [9.17, 15) is 9.59 Å². The number of amidine groups is 1. The molecule has 8 nitrogen and oxygen atoms in total. The van der Waals surface area contributed by atoms with E-state index < -0.39 is 11.7 Å². The Hall–Kier alpha value is -3.29. The number of amides is 1. The van der Waals surface area contributed by atoms with E-state index in [1.807, 2.05) is 31.2 Å². The fourth-order valence-corrected chi connectivity index (χ4v) is 3.02. The topological polar surface area (TPSA) is 111 Å². The average Bonchev–Trinajstić information content (AvgIpc) is 2.68. The molecule has 0 aliphatic carbocycles. The summed E-state index contributed by atoms with van der Waals surface area (Å²) in [7, 11) is 0. The molecule has 1 atom stereocenters. The summed E-state index contributed by atoms with van der Waals surface area (Å²) >= 11 is 0. The Labute approximate surface area is 156 Å². The lowest BCUT2D eigenvalue weighted by molar-refractivity contribution is 0.0675. The molecule has 2 aromatic rings. The van der Waals surface area contributed by atoms with Gasteiger partial charge in [-0.05, 0) is 49.9 Å². The van der Waals surface area contributed by atoms with Gasteiger partial charge in [0.2, 0.25) is 0 Å². The third-order valence-corrected chi connectivity index (χ3v) is 4.38. The first-order valence-corrected chi connectivity index (χ1v) is 8.76. The number of likely N-dealkylation sites (tertiary alicyclic amines) is 1. The van der Waals surface area contributed by atoms with Gasteiger partial charge < -0.3 is 9.32 Å². The molecule has 3 rings (SSSR count). The van der Waals surface area contributed by atoms with Gasteiger partial charge in [-0.1, -0.05) is 17.4 Å². The first kappa shape index (κ1) is 18.5. The zero-order chi connectivity index (χ0) is 19.2. The molecule has 1 aromatic heterocycles. The van der Waals surface area contributed by atoms with Gasteiger partial charge in [-0.2, -0.15) is 0 Å². The van der Waals surface area contributed by atoms with Crippen molar-refractivity contribution < 1.29 is 9.21 Å². The lowest BCUT2D eigenvalue weighted by Crippen LogP contribution is -2.47. The molecule has 8 heteroatoms. The maximum Gasteiger partial charge on any atom is 0.335 e. The lowest BCUT2D eigenvalue weighted by Gasteiger charge is -2.34. The number of hydrogen-bond acceptors (Lipinski definition) is 5. The molecule has 1 aliphatic rings. The fraction of sp³-hybridized carbons (Fsp3) is 0.316. The number of hydrogen-bond donors (Lipinski definition) is 2. The predicted molar refractivity (Wildman–Crippen MR) is 101 cm³/mol.